The Morgan fingerprint density at radius 3 is 1.89 bits per heavy atom. The lowest BCUT2D eigenvalue weighted by molar-refractivity contribution is -0.906. The lowest BCUT2D eigenvalue weighted by atomic mass is 9.99. The minimum absolute atomic E-state index is 0. The smallest absolute Gasteiger partial charge is 0.0773 e. The molecule has 1 rings (SSSR count). The molecule has 0 amide bonds. The van der Waals surface area contributed by atoms with Gasteiger partial charge in [-0.05, 0) is 31.6 Å². The molecule has 0 aliphatic carbocycles. The van der Waals surface area contributed by atoms with Gasteiger partial charge in [0.2, 0.25) is 0 Å². The van der Waals surface area contributed by atoms with Gasteiger partial charge in [0.05, 0.1) is 19.6 Å². The highest BCUT2D eigenvalue weighted by Gasteiger charge is 2.17. The molecule has 1 aliphatic heterocycles. The third-order valence-corrected chi connectivity index (χ3v) is 4.37. The molecule has 0 saturated carbocycles. The van der Waals surface area contributed by atoms with Crippen LogP contribution in [0.2, 0.25) is 0 Å². The number of likely N-dealkylation sites (tertiary alicyclic amines) is 1. The van der Waals surface area contributed by atoms with Gasteiger partial charge < -0.3 is 17.3 Å². The Kier molecular flexibility index (Phi) is 12.5. The standard InChI is InChI=1S/C16H33N.ClH/c1-3-4-5-6-7-8-9-10-13-17-14-11-16(2)12-15-17;/h16H,3-15H2,1-2H3;1H. The second kappa shape index (κ2) is 12.3. The topological polar surface area (TPSA) is 4.44 Å². The van der Waals surface area contributed by atoms with Crippen molar-refractivity contribution in [2.75, 3.05) is 19.6 Å². The molecule has 0 aromatic heterocycles. The fourth-order valence-electron chi connectivity index (χ4n) is 2.93. The van der Waals surface area contributed by atoms with Crippen molar-refractivity contribution in [3.63, 3.8) is 0 Å². The van der Waals surface area contributed by atoms with E-state index in [0.29, 0.717) is 0 Å². The number of quaternary nitrogens is 1. The van der Waals surface area contributed by atoms with Gasteiger partial charge in [-0.15, -0.1) is 0 Å². The van der Waals surface area contributed by atoms with E-state index >= 15 is 0 Å². The molecular weight excluding hydrogens is 242 g/mol. The molecule has 1 fully saturated rings. The van der Waals surface area contributed by atoms with Crippen LogP contribution in [-0.2, 0) is 0 Å². The predicted octanol–water partition coefficient (Wildman–Crippen LogP) is 0.446. The molecule has 0 aromatic rings. The van der Waals surface area contributed by atoms with E-state index in [0.717, 1.165) is 5.92 Å². The molecule has 0 radical (unpaired) electrons. The van der Waals surface area contributed by atoms with Gasteiger partial charge in [0.25, 0.3) is 0 Å². The van der Waals surface area contributed by atoms with E-state index in [1.807, 2.05) is 4.90 Å². The van der Waals surface area contributed by atoms with Gasteiger partial charge in [-0.25, -0.2) is 0 Å². The van der Waals surface area contributed by atoms with Crippen molar-refractivity contribution >= 4 is 0 Å². The lowest BCUT2D eigenvalue weighted by Gasteiger charge is -2.27. The van der Waals surface area contributed by atoms with Crippen molar-refractivity contribution in [2.45, 2.75) is 78.1 Å². The van der Waals surface area contributed by atoms with Crippen LogP contribution >= 0.6 is 0 Å². The summed E-state index contributed by atoms with van der Waals surface area (Å²) in [5.41, 5.74) is 0. The van der Waals surface area contributed by atoms with Crippen LogP contribution < -0.4 is 17.3 Å². The summed E-state index contributed by atoms with van der Waals surface area (Å²) in [5.74, 6) is 0.998. The molecule has 0 bridgehead atoms. The van der Waals surface area contributed by atoms with E-state index in [1.54, 1.807) is 0 Å². The number of piperidine rings is 1. The lowest BCUT2D eigenvalue weighted by Crippen LogP contribution is -3.13. The highest BCUT2D eigenvalue weighted by molar-refractivity contribution is 4.56. The van der Waals surface area contributed by atoms with Crippen molar-refractivity contribution in [3.8, 4) is 0 Å². The first kappa shape index (κ1) is 18.2. The Bertz CT molecular complexity index is 164. The molecule has 1 heterocycles. The van der Waals surface area contributed by atoms with E-state index in [9.17, 15) is 0 Å². The molecule has 110 valence electrons. The molecule has 1 saturated heterocycles. The second-order valence-corrected chi connectivity index (χ2v) is 6.16. The van der Waals surface area contributed by atoms with Gasteiger partial charge in [0.1, 0.15) is 0 Å². The summed E-state index contributed by atoms with van der Waals surface area (Å²) in [6, 6.07) is 0. The summed E-state index contributed by atoms with van der Waals surface area (Å²) < 4.78 is 0. The number of halogens is 1. The highest BCUT2D eigenvalue weighted by atomic mass is 35.5. The number of hydrogen-bond donors (Lipinski definition) is 1. The Morgan fingerprint density at radius 2 is 1.33 bits per heavy atom. The van der Waals surface area contributed by atoms with Crippen molar-refractivity contribution in [2.24, 2.45) is 5.92 Å². The quantitative estimate of drug-likeness (QED) is 0.583. The molecule has 1 nitrogen and oxygen atoms in total. The van der Waals surface area contributed by atoms with Crippen LogP contribution in [0.25, 0.3) is 0 Å². The van der Waals surface area contributed by atoms with Gasteiger partial charge in [0.15, 0.2) is 0 Å². The number of rotatable bonds is 9. The molecule has 0 spiro atoms. The molecule has 1 aliphatic rings. The van der Waals surface area contributed by atoms with E-state index in [4.69, 9.17) is 0 Å². The third kappa shape index (κ3) is 9.22. The monoisotopic (exact) mass is 275 g/mol. The van der Waals surface area contributed by atoms with Gasteiger partial charge in [-0.3, -0.25) is 0 Å². The average molecular weight is 276 g/mol. The fraction of sp³-hybridized carbons (Fsp3) is 1.00. The van der Waals surface area contributed by atoms with Crippen LogP contribution in [-0.4, -0.2) is 19.6 Å². The van der Waals surface area contributed by atoms with Crippen molar-refractivity contribution in [1.82, 2.24) is 0 Å². The van der Waals surface area contributed by atoms with Crippen LogP contribution in [0.15, 0.2) is 0 Å². The Balaban J connectivity index is 0.00000289. The van der Waals surface area contributed by atoms with Crippen molar-refractivity contribution < 1.29 is 17.3 Å². The average Bonchev–Trinajstić information content (AvgIpc) is 2.35. The predicted molar refractivity (Wildman–Crippen MR) is 76.6 cm³/mol. The second-order valence-electron chi connectivity index (χ2n) is 6.16. The van der Waals surface area contributed by atoms with Crippen LogP contribution in [0.3, 0.4) is 0 Å². The first-order valence-electron chi connectivity index (χ1n) is 8.16. The first-order valence-corrected chi connectivity index (χ1v) is 8.16. The molecule has 1 N–H and O–H groups in total. The molecule has 0 atom stereocenters. The summed E-state index contributed by atoms with van der Waals surface area (Å²) in [6.45, 7) is 9.03. The zero-order chi connectivity index (χ0) is 12.3. The first-order chi connectivity index (χ1) is 8.33. The molecule has 0 aromatic carbocycles. The maximum Gasteiger partial charge on any atom is 0.0773 e. The Labute approximate surface area is 121 Å². The minimum Gasteiger partial charge on any atom is -1.00 e. The zero-order valence-electron chi connectivity index (χ0n) is 12.6. The van der Waals surface area contributed by atoms with Crippen LogP contribution in [0, 0.1) is 5.92 Å². The third-order valence-electron chi connectivity index (χ3n) is 4.37. The van der Waals surface area contributed by atoms with Gasteiger partial charge in [-0.2, -0.15) is 0 Å². The number of nitrogens with one attached hydrogen (secondary N) is 1. The highest BCUT2D eigenvalue weighted by Crippen LogP contribution is 2.09. The summed E-state index contributed by atoms with van der Waals surface area (Å²) in [4.78, 5) is 1.88. The SMILES string of the molecule is CCCCCCCCCC[NH+]1CCC(C)CC1.[Cl-]. The zero-order valence-corrected chi connectivity index (χ0v) is 13.4. The molecule has 0 unspecified atom stereocenters. The van der Waals surface area contributed by atoms with Gasteiger partial charge in [0, 0.05) is 0 Å². The van der Waals surface area contributed by atoms with Crippen LogP contribution in [0.4, 0.5) is 0 Å². The number of hydrogen-bond acceptors (Lipinski definition) is 0. The van der Waals surface area contributed by atoms with E-state index in [2.05, 4.69) is 13.8 Å². The molecule has 2 heteroatoms. The van der Waals surface area contributed by atoms with Gasteiger partial charge in [-0.1, -0.05) is 52.4 Å². The largest absolute Gasteiger partial charge is 1.00 e. The summed E-state index contributed by atoms with van der Waals surface area (Å²) in [7, 11) is 0. The van der Waals surface area contributed by atoms with Crippen LogP contribution in [0.5, 0.6) is 0 Å². The van der Waals surface area contributed by atoms with Gasteiger partial charge >= 0.3 is 0 Å². The van der Waals surface area contributed by atoms with E-state index in [-0.39, 0.29) is 12.4 Å². The van der Waals surface area contributed by atoms with Crippen molar-refractivity contribution in [1.29, 1.82) is 0 Å². The van der Waals surface area contributed by atoms with E-state index < -0.39 is 0 Å². The number of unbranched alkanes of at least 4 members (excludes halogenated alkanes) is 7. The summed E-state index contributed by atoms with van der Waals surface area (Å²) >= 11 is 0. The van der Waals surface area contributed by atoms with E-state index in [1.165, 1.54) is 83.8 Å². The molecular formula is C16H34ClN. The summed E-state index contributed by atoms with van der Waals surface area (Å²) in [5, 5.41) is 0. The van der Waals surface area contributed by atoms with Crippen molar-refractivity contribution in [3.05, 3.63) is 0 Å². The molecule has 18 heavy (non-hydrogen) atoms. The normalized spacial score (nSPS) is 23.7. The Morgan fingerprint density at radius 1 is 0.833 bits per heavy atom. The van der Waals surface area contributed by atoms with Crippen LogP contribution in [0.1, 0.15) is 78.1 Å². The minimum atomic E-state index is 0. The Hall–Kier alpha value is 0.250. The fourth-order valence-corrected chi connectivity index (χ4v) is 2.93. The maximum absolute atomic E-state index is 2.41. The maximum atomic E-state index is 2.41. The summed E-state index contributed by atoms with van der Waals surface area (Å²) in [6.07, 6.45) is 14.6.